The largest absolute Gasteiger partial charge is 0.462 e. The van der Waals surface area contributed by atoms with E-state index in [2.05, 4.69) is 33.0 Å². The molecule has 0 aromatic rings. The second kappa shape index (κ2) is 15.7. The number of carbonyl (C=O) groups excluding carboxylic acids is 2. The normalized spacial score (nSPS) is 41.4. The third kappa shape index (κ3) is 8.28. The van der Waals surface area contributed by atoms with Gasteiger partial charge in [0.2, 0.25) is 0 Å². The van der Waals surface area contributed by atoms with Crippen LogP contribution in [0.5, 0.6) is 0 Å². The van der Waals surface area contributed by atoms with Crippen molar-refractivity contribution in [1.82, 2.24) is 5.32 Å². The molecule has 0 radical (unpaired) electrons. The van der Waals surface area contributed by atoms with Crippen molar-refractivity contribution in [3.05, 3.63) is 0 Å². The van der Waals surface area contributed by atoms with Gasteiger partial charge in [0, 0.05) is 24.3 Å². The second-order valence-corrected chi connectivity index (χ2v) is 13.8. The van der Waals surface area contributed by atoms with E-state index in [1.54, 1.807) is 0 Å². The second-order valence-electron chi connectivity index (χ2n) is 13.8. The van der Waals surface area contributed by atoms with Crippen molar-refractivity contribution in [2.45, 2.75) is 173 Å². The number of fused-ring (bicyclic) bond motifs is 4. The van der Waals surface area contributed by atoms with Gasteiger partial charge in [0.05, 0.1) is 48.5 Å². The molecular formula is C34H59NO7. The molecule has 8 heteroatoms. The molecule has 8 nitrogen and oxygen atoms in total. The van der Waals surface area contributed by atoms with Gasteiger partial charge in [-0.3, -0.25) is 9.59 Å². The predicted octanol–water partition coefficient (Wildman–Crippen LogP) is 5.98. The zero-order valence-electron chi connectivity index (χ0n) is 27.3. The van der Waals surface area contributed by atoms with Gasteiger partial charge in [-0.15, -0.1) is 0 Å². The highest BCUT2D eigenvalue weighted by Gasteiger charge is 2.46. The summed E-state index contributed by atoms with van der Waals surface area (Å²) in [7, 11) is 2.03. The van der Waals surface area contributed by atoms with E-state index < -0.39 is 0 Å². The minimum absolute atomic E-state index is 0.0171. The lowest BCUT2D eigenvalue weighted by Gasteiger charge is -2.36. The standard InChI is InChI=1S/C34H59NO7/c1-8-10-24(35-7)18-26-12-14-28(38-26)20(3)32-21(4)29-16-17-31(41-29)23(6)33(36)40-25(11-9-2)19-27-13-15-30(39-27)22(5)34(37)42-32/h20-32,35H,8-19H2,1-7H3/t20-,21+,22+,23-,24-,25+,26+,27+,28-,29+,30-,31-,32+/m1/s1. The Hall–Kier alpha value is -1.22. The van der Waals surface area contributed by atoms with E-state index in [-0.39, 0.29) is 84.4 Å². The number of nitrogens with one attached hydrogen (secondary N) is 1. The fourth-order valence-electron chi connectivity index (χ4n) is 7.83. The zero-order chi connectivity index (χ0) is 30.4. The molecule has 0 aromatic heterocycles. The van der Waals surface area contributed by atoms with Gasteiger partial charge in [-0.05, 0) is 78.7 Å². The summed E-state index contributed by atoms with van der Waals surface area (Å²) in [5.74, 6) is -1.08. The van der Waals surface area contributed by atoms with E-state index in [1.165, 1.54) is 0 Å². The molecular weight excluding hydrogens is 534 g/mol. The lowest BCUT2D eigenvalue weighted by atomic mass is 9.84. The smallest absolute Gasteiger partial charge is 0.311 e. The Balaban J connectivity index is 1.51. The summed E-state index contributed by atoms with van der Waals surface area (Å²) in [5.41, 5.74) is 0. The molecule has 0 spiro atoms. The first-order valence-corrected chi connectivity index (χ1v) is 17.2. The van der Waals surface area contributed by atoms with Crippen molar-refractivity contribution in [2.75, 3.05) is 7.05 Å². The monoisotopic (exact) mass is 593 g/mol. The summed E-state index contributed by atoms with van der Waals surface area (Å²) in [6, 6.07) is 0.458. The number of hydrogen-bond donors (Lipinski definition) is 1. The molecule has 0 amide bonds. The van der Waals surface area contributed by atoms with Crippen LogP contribution in [0, 0.1) is 23.7 Å². The lowest BCUT2D eigenvalue weighted by molar-refractivity contribution is -0.175. The molecule has 4 heterocycles. The Morgan fingerprint density at radius 1 is 0.786 bits per heavy atom. The quantitative estimate of drug-likeness (QED) is 0.327. The van der Waals surface area contributed by atoms with Crippen molar-refractivity contribution >= 4 is 11.9 Å². The van der Waals surface area contributed by atoms with Gasteiger partial charge in [-0.2, -0.15) is 0 Å². The summed E-state index contributed by atoms with van der Waals surface area (Å²) in [5, 5.41) is 3.45. The average Bonchev–Trinajstić information content (AvgIpc) is 3.75. The Labute approximate surface area is 254 Å². The highest BCUT2D eigenvalue weighted by atomic mass is 16.6. The molecule has 42 heavy (non-hydrogen) atoms. The van der Waals surface area contributed by atoms with Crippen LogP contribution < -0.4 is 5.32 Å². The van der Waals surface area contributed by atoms with Gasteiger partial charge in [0.25, 0.3) is 0 Å². The number of cyclic esters (lactones) is 2. The first kappa shape index (κ1) is 33.7. The van der Waals surface area contributed by atoms with Crippen LogP contribution in [0.1, 0.15) is 119 Å². The van der Waals surface area contributed by atoms with E-state index in [9.17, 15) is 9.59 Å². The van der Waals surface area contributed by atoms with Crippen LogP contribution in [0.2, 0.25) is 0 Å². The molecule has 0 aromatic carbocycles. The summed E-state index contributed by atoms with van der Waals surface area (Å²) in [6.07, 6.45) is 10.3. The lowest BCUT2D eigenvalue weighted by Crippen LogP contribution is -2.44. The third-order valence-electron chi connectivity index (χ3n) is 10.7. The zero-order valence-corrected chi connectivity index (χ0v) is 27.3. The molecule has 4 rings (SSSR count). The Morgan fingerprint density at radius 3 is 2.14 bits per heavy atom. The molecule has 1 N–H and O–H groups in total. The number of carbonyl (C=O) groups is 2. The van der Waals surface area contributed by atoms with E-state index in [0.717, 1.165) is 70.6 Å². The van der Waals surface area contributed by atoms with Gasteiger partial charge in [-0.1, -0.05) is 40.5 Å². The van der Waals surface area contributed by atoms with Crippen molar-refractivity contribution in [3.8, 4) is 0 Å². The van der Waals surface area contributed by atoms with Gasteiger partial charge in [0.15, 0.2) is 0 Å². The summed E-state index contributed by atoms with van der Waals surface area (Å²) < 4.78 is 32.1. The van der Waals surface area contributed by atoms with E-state index in [0.29, 0.717) is 12.5 Å². The molecule has 0 saturated carbocycles. The van der Waals surface area contributed by atoms with Crippen LogP contribution in [-0.4, -0.2) is 73.9 Å². The fraction of sp³-hybridized carbons (Fsp3) is 0.941. The Kier molecular flexibility index (Phi) is 12.6. The average molecular weight is 594 g/mol. The number of ether oxygens (including phenoxy) is 5. The molecule has 242 valence electrons. The Bertz CT molecular complexity index is 869. The minimum atomic E-state index is -0.364. The third-order valence-corrected chi connectivity index (χ3v) is 10.7. The molecule has 0 unspecified atom stereocenters. The molecule has 4 fully saturated rings. The SMILES string of the molecule is CCC[C@H](C[C@@H]1CC[C@H]([C@@H](C)[C@@H]2OC(=O)[C@@H](C)[C@H]3CC[C@@H](C[C@H](CCC)OC(=O)[C@H](C)[C@H]4CC[C@H](O4)[C@@H]2C)O3)O1)NC. The first-order valence-electron chi connectivity index (χ1n) is 17.2. The van der Waals surface area contributed by atoms with Crippen LogP contribution >= 0.6 is 0 Å². The minimum Gasteiger partial charge on any atom is -0.462 e. The Morgan fingerprint density at radius 2 is 1.45 bits per heavy atom. The van der Waals surface area contributed by atoms with Crippen LogP contribution in [-0.2, 0) is 33.3 Å². The maximum Gasteiger partial charge on any atom is 0.311 e. The predicted molar refractivity (Wildman–Crippen MR) is 162 cm³/mol. The number of hydrogen-bond acceptors (Lipinski definition) is 8. The number of esters is 2. The summed E-state index contributed by atoms with van der Waals surface area (Å²) in [4.78, 5) is 26.9. The molecule has 4 bridgehead atoms. The van der Waals surface area contributed by atoms with Crippen LogP contribution in [0.25, 0.3) is 0 Å². The maximum absolute atomic E-state index is 13.7. The summed E-state index contributed by atoms with van der Waals surface area (Å²) >= 11 is 0. The molecule has 4 saturated heterocycles. The highest BCUT2D eigenvalue weighted by molar-refractivity contribution is 5.73. The molecule has 0 aliphatic carbocycles. The van der Waals surface area contributed by atoms with Gasteiger partial charge in [-0.25, -0.2) is 0 Å². The summed E-state index contributed by atoms with van der Waals surface area (Å²) in [6.45, 7) is 12.5. The van der Waals surface area contributed by atoms with Crippen molar-refractivity contribution in [3.63, 3.8) is 0 Å². The van der Waals surface area contributed by atoms with Gasteiger partial charge < -0.3 is 29.0 Å². The molecule has 13 atom stereocenters. The van der Waals surface area contributed by atoms with E-state index in [4.69, 9.17) is 23.7 Å². The van der Waals surface area contributed by atoms with Gasteiger partial charge >= 0.3 is 11.9 Å². The van der Waals surface area contributed by atoms with Crippen LogP contribution in [0.15, 0.2) is 0 Å². The van der Waals surface area contributed by atoms with Crippen LogP contribution in [0.3, 0.4) is 0 Å². The topological polar surface area (TPSA) is 92.3 Å². The highest BCUT2D eigenvalue weighted by Crippen LogP contribution is 2.39. The first-order chi connectivity index (χ1) is 20.1. The van der Waals surface area contributed by atoms with E-state index in [1.807, 2.05) is 20.9 Å². The van der Waals surface area contributed by atoms with Crippen LogP contribution in [0.4, 0.5) is 0 Å². The van der Waals surface area contributed by atoms with E-state index >= 15 is 0 Å². The van der Waals surface area contributed by atoms with Crippen molar-refractivity contribution < 1.29 is 33.3 Å². The van der Waals surface area contributed by atoms with Gasteiger partial charge in [0.1, 0.15) is 12.2 Å². The fourth-order valence-corrected chi connectivity index (χ4v) is 7.83. The van der Waals surface area contributed by atoms with Crippen molar-refractivity contribution in [1.29, 1.82) is 0 Å². The molecule has 4 aliphatic heterocycles. The molecule has 4 aliphatic rings. The number of rotatable bonds is 9. The maximum atomic E-state index is 13.7. The van der Waals surface area contributed by atoms with Crippen molar-refractivity contribution in [2.24, 2.45) is 23.7 Å².